The van der Waals surface area contributed by atoms with Gasteiger partial charge in [0.2, 0.25) is 28.6 Å². The molecule has 1 heterocycles. The fraction of sp³-hybridized carbons (Fsp3) is 0.481. The minimum absolute atomic E-state index is 0.0218. The van der Waals surface area contributed by atoms with E-state index in [-0.39, 0.29) is 50.6 Å². The normalized spacial score (nSPS) is 15.8. The van der Waals surface area contributed by atoms with Gasteiger partial charge in [-0.15, -0.1) is 0 Å². The lowest BCUT2D eigenvalue weighted by Crippen LogP contribution is -2.49. The zero-order chi connectivity index (χ0) is 27.3. The molecule has 0 bridgehead atoms. The molecule has 38 heavy (non-hydrogen) atoms. The summed E-state index contributed by atoms with van der Waals surface area (Å²) in [6, 6.07) is 10.3. The summed E-state index contributed by atoms with van der Waals surface area (Å²) < 4.78 is 51.4. The molecule has 2 aromatic carbocycles. The maximum absolute atomic E-state index is 14.4. The number of anilines is 1. The number of halogens is 1. The van der Waals surface area contributed by atoms with Crippen molar-refractivity contribution in [2.24, 2.45) is 0 Å². The molecule has 1 N–H and O–H groups in total. The van der Waals surface area contributed by atoms with Crippen LogP contribution >= 0.6 is 0 Å². The Morgan fingerprint density at radius 3 is 2.53 bits per heavy atom. The molecule has 2 amide bonds. The number of ether oxygens (including phenoxy) is 2. The summed E-state index contributed by atoms with van der Waals surface area (Å²) in [6.45, 7) is 1.68. The molecule has 1 aliphatic carbocycles. The van der Waals surface area contributed by atoms with Crippen molar-refractivity contribution in [2.45, 2.75) is 64.1 Å². The minimum atomic E-state index is -3.65. The second-order valence-corrected chi connectivity index (χ2v) is 11.7. The highest BCUT2D eigenvalue weighted by molar-refractivity contribution is 7.92. The van der Waals surface area contributed by atoms with Crippen LogP contribution in [0.25, 0.3) is 0 Å². The summed E-state index contributed by atoms with van der Waals surface area (Å²) in [5.41, 5.74) is 0.705. The van der Waals surface area contributed by atoms with Crippen LogP contribution < -0.4 is 19.1 Å². The number of fused-ring (bicyclic) bond motifs is 1. The molecule has 0 radical (unpaired) electrons. The molecule has 1 aliphatic heterocycles. The van der Waals surface area contributed by atoms with Gasteiger partial charge in [-0.3, -0.25) is 13.9 Å². The van der Waals surface area contributed by atoms with Gasteiger partial charge in [-0.1, -0.05) is 31.0 Å². The van der Waals surface area contributed by atoms with Crippen molar-refractivity contribution in [3.05, 3.63) is 53.8 Å². The predicted octanol–water partition coefficient (Wildman–Crippen LogP) is 3.58. The molecule has 206 valence electrons. The first-order valence-electron chi connectivity index (χ1n) is 12.8. The first-order valence-corrected chi connectivity index (χ1v) is 14.7. The van der Waals surface area contributed by atoms with Crippen LogP contribution in [0.1, 0.15) is 51.0 Å². The molecule has 0 spiro atoms. The molecule has 1 saturated carbocycles. The Kier molecular flexibility index (Phi) is 8.76. The number of benzene rings is 2. The number of amides is 2. The average Bonchev–Trinajstić information content (AvgIpc) is 3.56. The van der Waals surface area contributed by atoms with Crippen molar-refractivity contribution in [2.75, 3.05) is 23.9 Å². The summed E-state index contributed by atoms with van der Waals surface area (Å²) >= 11 is 0. The third kappa shape index (κ3) is 6.75. The lowest BCUT2D eigenvalue weighted by molar-refractivity contribution is -0.141. The van der Waals surface area contributed by atoms with Crippen LogP contribution in [-0.2, 0) is 26.2 Å². The quantitative estimate of drug-likeness (QED) is 0.461. The van der Waals surface area contributed by atoms with Crippen molar-refractivity contribution >= 4 is 27.5 Å². The third-order valence-electron chi connectivity index (χ3n) is 6.96. The second-order valence-electron chi connectivity index (χ2n) is 9.76. The molecular formula is C27H34FN3O6S. The van der Waals surface area contributed by atoms with Crippen LogP contribution in [0.5, 0.6) is 11.5 Å². The number of hydrogen-bond acceptors (Lipinski definition) is 6. The molecule has 0 aromatic heterocycles. The van der Waals surface area contributed by atoms with Gasteiger partial charge in [0.25, 0.3) is 0 Å². The van der Waals surface area contributed by atoms with E-state index in [9.17, 15) is 22.4 Å². The van der Waals surface area contributed by atoms with Gasteiger partial charge in [0.05, 0.1) is 11.9 Å². The van der Waals surface area contributed by atoms with Gasteiger partial charge in [0.1, 0.15) is 11.9 Å². The Labute approximate surface area is 222 Å². The van der Waals surface area contributed by atoms with Gasteiger partial charge < -0.3 is 19.7 Å². The highest BCUT2D eigenvalue weighted by Gasteiger charge is 2.29. The SMILES string of the molecule is C[C@@H](C(=O)NC1CCCC1)N(Cc1ccccc1F)C(=O)CCCN(c1ccc2c(c1)OCO2)S(C)(=O)=O. The highest BCUT2D eigenvalue weighted by atomic mass is 32.2. The van der Waals surface area contributed by atoms with Gasteiger partial charge in [0, 0.05) is 37.2 Å². The van der Waals surface area contributed by atoms with Crippen molar-refractivity contribution in [1.82, 2.24) is 10.2 Å². The number of sulfonamides is 1. The topological polar surface area (TPSA) is 105 Å². The molecule has 1 fully saturated rings. The zero-order valence-corrected chi connectivity index (χ0v) is 22.5. The molecule has 0 saturated heterocycles. The molecular weight excluding hydrogens is 513 g/mol. The summed E-state index contributed by atoms with van der Waals surface area (Å²) in [4.78, 5) is 27.8. The molecule has 11 heteroatoms. The number of carbonyl (C=O) groups is 2. The van der Waals surface area contributed by atoms with Crippen molar-refractivity contribution < 1.29 is 31.9 Å². The Morgan fingerprint density at radius 2 is 1.82 bits per heavy atom. The van der Waals surface area contributed by atoms with Crippen LogP contribution in [0.4, 0.5) is 10.1 Å². The first-order chi connectivity index (χ1) is 18.1. The summed E-state index contributed by atoms with van der Waals surface area (Å²) in [7, 11) is -3.65. The summed E-state index contributed by atoms with van der Waals surface area (Å²) in [6.07, 6.45) is 5.19. The van der Waals surface area contributed by atoms with Crippen molar-refractivity contribution in [3.8, 4) is 11.5 Å². The fourth-order valence-electron chi connectivity index (χ4n) is 4.83. The van der Waals surface area contributed by atoms with Crippen LogP contribution in [0.2, 0.25) is 0 Å². The third-order valence-corrected chi connectivity index (χ3v) is 8.16. The predicted molar refractivity (Wildman–Crippen MR) is 141 cm³/mol. The standard InChI is InChI=1S/C27H34FN3O6S/c1-19(27(33)29-21-9-4-5-10-21)30(17-20-8-3-6-11-23(20)28)26(32)12-7-15-31(38(2,34)35)22-13-14-24-25(16-22)37-18-36-24/h3,6,8,11,13-14,16,19,21H,4-5,7,9-10,12,15,17-18H2,1-2H3,(H,29,33)/t19-/m0/s1. The van der Waals surface area contributed by atoms with Crippen LogP contribution in [0.15, 0.2) is 42.5 Å². The first kappa shape index (κ1) is 27.7. The minimum Gasteiger partial charge on any atom is -0.454 e. The highest BCUT2D eigenvalue weighted by Crippen LogP contribution is 2.36. The Balaban J connectivity index is 1.46. The van der Waals surface area contributed by atoms with Gasteiger partial charge in [-0.2, -0.15) is 0 Å². The van der Waals surface area contributed by atoms with E-state index in [1.165, 1.54) is 15.3 Å². The van der Waals surface area contributed by atoms with Gasteiger partial charge in [0.15, 0.2) is 11.5 Å². The van der Waals surface area contributed by atoms with E-state index >= 15 is 0 Å². The fourth-order valence-corrected chi connectivity index (χ4v) is 5.79. The van der Waals surface area contributed by atoms with Crippen LogP contribution in [0.3, 0.4) is 0 Å². The molecule has 2 aromatic rings. The number of nitrogens with zero attached hydrogens (tertiary/aromatic N) is 2. The number of rotatable bonds is 11. The Morgan fingerprint density at radius 1 is 1.11 bits per heavy atom. The average molecular weight is 548 g/mol. The van der Waals surface area contributed by atoms with E-state index in [4.69, 9.17) is 9.47 Å². The van der Waals surface area contributed by atoms with Crippen LogP contribution in [0, 0.1) is 5.82 Å². The maximum atomic E-state index is 14.4. The van der Waals surface area contributed by atoms with Crippen molar-refractivity contribution in [3.63, 3.8) is 0 Å². The number of nitrogens with one attached hydrogen (secondary N) is 1. The molecule has 0 unspecified atom stereocenters. The molecule has 2 aliphatic rings. The lowest BCUT2D eigenvalue weighted by Gasteiger charge is -2.30. The van der Waals surface area contributed by atoms with E-state index in [0.717, 1.165) is 31.9 Å². The van der Waals surface area contributed by atoms with E-state index in [2.05, 4.69) is 5.32 Å². The lowest BCUT2D eigenvalue weighted by atomic mass is 10.1. The maximum Gasteiger partial charge on any atom is 0.242 e. The van der Waals surface area contributed by atoms with Crippen LogP contribution in [-0.4, -0.2) is 56.8 Å². The van der Waals surface area contributed by atoms with Gasteiger partial charge in [-0.25, -0.2) is 12.8 Å². The number of hydrogen-bond donors (Lipinski definition) is 1. The van der Waals surface area contributed by atoms with Gasteiger partial charge >= 0.3 is 0 Å². The Bertz CT molecular complexity index is 1270. The van der Waals surface area contributed by atoms with Crippen molar-refractivity contribution in [1.29, 1.82) is 0 Å². The smallest absolute Gasteiger partial charge is 0.242 e. The number of carbonyl (C=O) groups excluding carboxylic acids is 2. The van der Waals surface area contributed by atoms with E-state index < -0.39 is 21.9 Å². The Hall–Kier alpha value is -3.34. The van der Waals surface area contributed by atoms with E-state index in [1.54, 1.807) is 43.3 Å². The van der Waals surface area contributed by atoms with Gasteiger partial charge in [-0.05, 0) is 44.4 Å². The molecule has 1 atom stereocenters. The summed E-state index contributed by atoms with van der Waals surface area (Å²) in [5.74, 6) is -0.114. The second kappa shape index (κ2) is 12.0. The summed E-state index contributed by atoms with van der Waals surface area (Å²) in [5, 5.41) is 3.01. The zero-order valence-electron chi connectivity index (χ0n) is 21.7. The monoisotopic (exact) mass is 547 g/mol. The molecule has 4 rings (SSSR count). The molecule has 9 nitrogen and oxygen atoms in total. The van der Waals surface area contributed by atoms with E-state index in [0.29, 0.717) is 22.7 Å². The van der Waals surface area contributed by atoms with E-state index in [1.807, 2.05) is 0 Å². The largest absolute Gasteiger partial charge is 0.454 e.